The number of nitrogens with two attached hydrogens (primary N) is 2. The van der Waals surface area contributed by atoms with E-state index in [4.69, 9.17) is 16.3 Å². The van der Waals surface area contributed by atoms with Gasteiger partial charge in [0.1, 0.15) is 6.54 Å². The zero-order valence-electron chi connectivity index (χ0n) is 13.7. The predicted molar refractivity (Wildman–Crippen MR) is 95.3 cm³/mol. The van der Waals surface area contributed by atoms with E-state index in [2.05, 4.69) is 0 Å². The number of nitrogen functional groups attached to an aromatic ring is 1. The number of anilines is 2. The minimum atomic E-state index is -0.493. The number of nitrogens with zero attached hydrogens (tertiary/aromatic N) is 1. The van der Waals surface area contributed by atoms with Gasteiger partial charge >= 0.3 is 0 Å². The quantitative estimate of drug-likeness (QED) is 0.257. The molecule has 25 heavy (non-hydrogen) atoms. The Morgan fingerprint density at radius 1 is 1.28 bits per heavy atom. The largest absolute Gasteiger partial charge is 0.449 e. The van der Waals surface area contributed by atoms with Gasteiger partial charge in [-0.05, 0) is 30.7 Å². The Balaban J connectivity index is 2.04. The molecule has 0 aromatic heterocycles. The number of nitrogens with one attached hydrogen (secondary N) is 1. The minimum absolute atomic E-state index is 0.105. The van der Waals surface area contributed by atoms with Crippen LogP contribution in [0.3, 0.4) is 0 Å². The van der Waals surface area contributed by atoms with Gasteiger partial charge in [-0.2, -0.15) is 0 Å². The van der Waals surface area contributed by atoms with Gasteiger partial charge in [-0.3, -0.25) is 19.9 Å². The van der Waals surface area contributed by atoms with Crippen LogP contribution in [0.2, 0.25) is 0 Å². The number of aryl methyl sites for hydroxylation is 1. The van der Waals surface area contributed by atoms with Crippen molar-refractivity contribution in [3.05, 3.63) is 59.4 Å². The fourth-order valence-electron chi connectivity index (χ4n) is 2.59. The molecule has 1 aliphatic rings. The summed E-state index contributed by atoms with van der Waals surface area (Å²) in [5, 5.41) is 0. The molecule has 5 N–H and O–H groups in total. The molecule has 0 spiro atoms. The zero-order valence-corrected chi connectivity index (χ0v) is 13.7. The molecule has 0 saturated heterocycles. The summed E-state index contributed by atoms with van der Waals surface area (Å²) < 4.78 is 5.74. The summed E-state index contributed by atoms with van der Waals surface area (Å²) in [4.78, 5) is 25.8. The fraction of sp³-hybridized carbons (Fsp3) is 0.111. The zero-order chi connectivity index (χ0) is 18.0. The summed E-state index contributed by atoms with van der Waals surface area (Å²) in [7, 11) is 0. The van der Waals surface area contributed by atoms with Crippen molar-refractivity contribution in [2.24, 2.45) is 5.84 Å². The lowest BCUT2D eigenvalue weighted by Gasteiger charge is -2.30. The van der Waals surface area contributed by atoms with Crippen LogP contribution in [0.1, 0.15) is 11.1 Å². The van der Waals surface area contributed by atoms with Gasteiger partial charge < -0.3 is 10.5 Å². The van der Waals surface area contributed by atoms with E-state index in [1.54, 1.807) is 24.3 Å². The van der Waals surface area contributed by atoms with Crippen LogP contribution in [-0.4, -0.2) is 18.4 Å². The van der Waals surface area contributed by atoms with Gasteiger partial charge in [-0.25, -0.2) is 5.84 Å². The van der Waals surface area contributed by atoms with E-state index in [0.717, 1.165) is 11.1 Å². The molecule has 0 unspecified atom stereocenters. The van der Waals surface area contributed by atoms with Crippen molar-refractivity contribution in [1.29, 1.82) is 0 Å². The van der Waals surface area contributed by atoms with E-state index < -0.39 is 11.8 Å². The number of carbonyl (C=O) groups excluding carboxylic acids is 2. The lowest BCUT2D eigenvalue weighted by Crippen LogP contribution is -2.45. The predicted octanol–water partition coefficient (Wildman–Crippen LogP) is 1.33. The van der Waals surface area contributed by atoms with Crippen LogP contribution < -0.4 is 26.6 Å². The Hall–Kier alpha value is -3.32. The maximum atomic E-state index is 12.8. The summed E-state index contributed by atoms with van der Waals surface area (Å²) in [6, 6.07) is 12.5. The van der Waals surface area contributed by atoms with Crippen LogP contribution in [0.4, 0.5) is 11.4 Å². The highest BCUT2D eigenvalue weighted by Gasteiger charge is 2.31. The van der Waals surface area contributed by atoms with Gasteiger partial charge in [0.2, 0.25) is 0 Å². The Labute approximate surface area is 144 Å². The molecule has 0 aliphatic carbocycles. The summed E-state index contributed by atoms with van der Waals surface area (Å²) >= 11 is 0. The molecular formula is C18H18N4O3. The second-order valence-electron chi connectivity index (χ2n) is 5.71. The van der Waals surface area contributed by atoms with Crippen LogP contribution >= 0.6 is 0 Å². The smallest absolute Gasteiger partial charge is 0.294 e. The van der Waals surface area contributed by atoms with E-state index in [1.165, 1.54) is 4.90 Å². The number of hydrogen-bond acceptors (Lipinski definition) is 5. The van der Waals surface area contributed by atoms with Crippen molar-refractivity contribution in [2.75, 3.05) is 17.2 Å². The van der Waals surface area contributed by atoms with E-state index in [1.807, 2.05) is 36.6 Å². The summed E-state index contributed by atoms with van der Waals surface area (Å²) in [6.45, 7) is 1.74. The van der Waals surface area contributed by atoms with Gasteiger partial charge in [0.05, 0.1) is 5.69 Å². The van der Waals surface area contributed by atoms with Crippen molar-refractivity contribution >= 4 is 29.3 Å². The normalized spacial score (nSPS) is 14.9. The summed E-state index contributed by atoms with van der Waals surface area (Å²) in [6.07, 6.45) is 1.63. The molecule has 2 aromatic rings. The van der Waals surface area contributed by atoms with E-state index in [-0.39, 0.29) is 12.3 Å². The first kappa shape index (κ1) is 16.5. The van der Waals surface area contributed by atoms with Gasteiger partial charge in [0.15, 0.2) is 11.5 Å². The second-order valence-corrected chi connectivity index (χ2v) is 5.71. The molecule has 0 fully saturated rings. The van der Waals surface area contributed by atoms with Crippen molar-refractivity contribution in [3.8, 4) is 5.75 Å². The molecule has 7 nitrogen and oxygen atoms in total. The number of carbonyl (C=O) groups is 2. The Bertz CT molecular complexity index is 876. The van der Waals surface area contributed by atoms with Crippen LogP contribution in [0.25, 0.3) is 6.08 Å². The third-order valence-corrected chi connectivity index (χ3v) is 3.75. The molecule has 2 aromatic carbocycles. The minimum Gasteiger partial charge on any atom is -0.449 e. The molecule has 0 atom stereocenters. The van der Waals surface area contributed by atoms with Gasteiger partial charge in [-0.1, -0.05) is 29.8 Å². The molecule has 1 aliphatic heterocycles. The molecular weight excluding hydrogens is 320 g/mol. The number of hydrogen-bond donors (Lipinski definition) is 3. The molecule has 128 valence electrons. The number of benzene rings is 2. The van der Waals surface area contributed by atoms with Crippen molar-refractivity contribution in [1.82, 2.24) is 5.43 Å². The lowest BCUT2D eigenvalue weighted by molar-refractivity contribution is -0.123. The first-order valence-corrected chi connectivity index (χ1v) is 7.65. The number of fused-ring (bicyclic) bond motifs is 1. The molecule has 0 bridgehead atoms. The maximum absolute atomic E-state index is 12.8. The van der Waals surface area contributed by atoms with E-state index >= 15 is 0 Å². The van der Waals surface area contributed by atoms with Crippen LogP contribution in [0.5, 0.6) is 5.75 Å². The number of hydrazine groups is 1. The Morgan fingerprint density at radius 2 is 2.08 bits per heavy atom. The highest BCUT2D eigenvalue weighted by molar-refractivity contribution is 6.12. The average molecular weight is 338 g/mol. The van der Waals surface area contributed by atoms with E-state index in [9.17, 15) is 9.59 Å². The fourth-order valence-corrected chi connectivity index (χ4v) is 2.59. The molecule has 0 saturated carbocycles. The van der Waals surface area contributed by atoms with E-state index in [0.29, 0.717) is 17.1 Å². The van der Waals surface area contributed by atoms with Crippen molar-refractivity contribution < 1.29 is 14.3 Å². The van der Waals surface area contributed by atoms with Crippen molar-refractivity contribution in [3.63, 3.8) is 0 Å². The van der Waals surface area contributed by atoms with Crippen LogP contribution in [-0.2, 0) is 9.59 Å². The van der Waals surface area contributed by atoms with Gasteiger partial charge in [0, 0.05) is 11.8 Å². The van der Waals surface area contributed by atoms with Gasteiger partial charge in [0.25, 0.3) is 11.8 Å². The van der Waals surface area contributed by atoms with Crippen LogP contribution in [0, 0.1) is 6.92 Å². The molecule has 1 heterocycles. The standard InChI is InChI=1S/C18H18N4O3/c1-11-3-2-4-12(7-11)8-16-18(24)22(10-17(23)21-20)14-6-5-13(19)9-15(14)25-16/h2-9H,10,19-20H2,1H3,(H,21,23)/b16-8+. The van der Waals surface area contributed by atoms with Gasteiger partial charge in [-0.15, -0.1) is 0 Å². The number of rotatable bonds is 3. The molecule has 7 heteroatoms. The monoisotopic (exact) mass is 338 g/mol. The molecule has 2 amide bonds. The average Bonchev–Trinajstić information content (AvgIpc) is 2.58. The van der Waals surface area contributed by atoms with Crippen molar-refractivity contribution in [2.45, 2.75) is 6.92 Å². The molecule has 3 rings (SSSR count). The highest BCUT2D eigenvalue weighted by atomic mass is 16.5. The first-order chi connectivity index (χ1) is 12.0. The lowest BCUT2D eigenvalue weighted by atomic mass is 10.1. The highest BCUT2D eigenvalue weighted by Crippen LogP contribution is 2.37. The summed E-state index contributed by atoms with van der Waals surface area (Å²) in [5.41, 5.74) is 10.7. The third-order valence-electron chi connectivity index (χ3n) is 3.75. The Kier molecular flexibility index (Phi) is 4.40. The third kappa shape index (κ3) is 3.46. The SMILES string of the molecule is Cc1cccc(/C=C2/Oc3cc(N)ccc3N(CC(=O)NN)C2=O)c1. The maximum Gasteiger partial charge on any atom is 0.294 e. The second kappa shape index (κ2) is 6.66. The topological polar surface area (TPSA) is 111 Å². The number of ether oxygens (including phenoxy) is 1. The molecule has 0 radical (unpaired) electrons. The summed E-state index contributed by atoms with van der Waals surface area (Å²) in [5.74, 6) is 4.74. The number of amides is 2. The Morgan fingerprint density at radius 3 is 2.80 bits per heavy atom. The first-order valence-electron chi connectivity index (χ1n) is 7.65. The van der Waals surface area contributed by atoms with Crippen LogP contribution in [0.15, 0.2) is 48.2 Å².